The summed E-state index contributed by atoms with van der Waals surface area (Å²) in [5, 5.41) is 12.0. The van der Waals surface area contributed by atoms with E-state index in [0.29, 0.717) is 0 Å². The second-order valence-corrected chi connectivity index (χ2v) is 4.76. The molecule has 0 spiro atoms. The maximum Gasteiger partial charge on any atom is 0.280 e. The molecule has 2 aromatic carbocycles. The van der Waals surface area contributed by atoms with Crippen molar-refractivity contribution in [2.75, 3.05) is 0 Å². The summed E-state index contributed by atoms with van der Waals surface area (Å²) in [5.74, 6) is -0.391. The van der Waals surface area contributed by atoms with Gasteiger partial charge in [-0.3, -0.25) is 14.9 Å². The Hall–Kier alpha value is -3.21. The molecule has 0 amide bonds. The van der Waals surface area contributed by atoms with Crippen molar-refractivity contribution in [3.8, 4) is 0 Å². The van der Waals surface area contributed by atoms with E-state index in [1.165, 1.54) is 24.3 Å². The number of carbonyl (C=O) groups is 1. The summed E-state index contributed by atoms with van der Waals surface area (Å²) in [6.45, 7) is 0. The number of nitro benzene ring substituents is 1. The summed E-state index contributed by atoms with van der Waals surface area (Å²) in [4.78, 5) is 25.7. The van der Waals surface area contributed by atoms with Gasteiger partial charge >= 0.3 is 0 Å². The topological polar surface area (TPSA) is 76.0 Å². The third-order valence-corrected chi connectivity index (χ3v) is 3.40. The van der Waals surface area contributed by atoms with Crippen LogP contribution in [0.4, 0.5) is 5.69 Å². The normalized spacial score (nSPS) is 11.1. The second-order valence-electron chi connectivity index (χ2n) is 4.76. The van der Waals surface area contributed by atoms with Crippen LogP contribution >= 0.6 is 0 Å². The van der Waals surface area contributed by atoms with Gasteiger partial charge in [0.05, 0.1) is 10.5 Å². The Morgan fingerprint density at radius 3 is 2.64 bits per heavy atom. The lowest BCUT2D eigenvalue weighted by Gasteiger charge is -1.98. The van der Waals surface area contributed by atoms with Crippen LogP contribution in [-0.4, -0.2) is 15.7 Å². The van der Waals surface area contributed by atoms with Crippen molar-refractivity contribution in [1.29, 1.82) is 0 Å². The predicted octanol–water partition coefficient (Wildman–Crippen LogP) is 3.97. The average molecular weight is 292 g/mol. The molecule has 5 nitrogen and oxygen atoms in total. The van der Waals surface area contributed by atoms with Crippen molar-refractivity contribution in [2.45, 2.75) is 0 Å². The minimum atomic E-state index is -0.549. The summed E-state index contributed by atoms with van der Waals surface area (Å²) in [6, 6.07) is 13.7. The number of nitrogens with one attached hydrogen (secondary N) is 1. The van der Waals surface area contributed by atoms with Crippen molar-refractivity contribution in [2.24, 2.45) is 0 Å². The predicted molar refractivity (Wildman–Crippen MR) is 84.8 cm³/mol. The fourth-order valence-corrected chi connectivity index (χ4v) is 2.33. The number of fused-ring (bicyclic) bond motifs is 1. The van der Waals surface area contributed by atoms with Gasteiger partial charge in [0.1, 0.15) is 0 Å². The van der Waals surface area contributed by atoms with Gasteiger partial charge in [0, 0.05) is 23.2 Å². The first kappa shape index (κ1) is 13.8. The van der Waals surface area contributed by atoms with E-state index >= 15 is 0 Å². The first-order valence-electron chi connectivity index (χ1n) is 6.69. The molecule has 0 bridgehead atoms. The quantitative estimate of drug-likeness (QED) is 0.342. The molecule has 3 aromatic rings. The van der Waals surface area contributed by atoms with Crippen LogP contribution in [0.1, 0.15) is 15.9 Å². The van der Waals surface area contributed by atoms with Crippen LogP contribution in [0, 0.1) is 10.1 Å². The number of nitro groups is 1. The molecule has 0 atom stereocenters. The molecular weight excluding hydrogens is 280 g/mol. The summed E-state index contributed by atoms with van der Waals surface area (Å²) >= 11 is 0. The van der Waals surface area contributed by atoms with Crippen LogP contribution in [-0.2, 0) is 0 Å². The highest BCUT2D eigenvalue weighted by Crippen LogP contribution is 2.21. The number of ketones is 1. The molecule has 0 aliphatic rings. The molecular formula is C17H12N2O3. The number of carbonyl (C=O) groups excluding carboxylic acids is 1. The lowest BCUT2D eigenvalue weighted by Crippen LogP contribution is -2.00. The highest BCUT2D eigenvalue weighted by atomic mass is 16.6. The number of aromatic nitrogens is 1. The van der Waals surface area contributed by atoms with E-state index in [1.54, 1.807) is 18.3 Å². The lowest BCUT2D eigenvalue weighted by atomic mass is 10.1. The van der Waals surface area contributed by atoms with Gasteiger partial charge in [-0.05, 0) is 29.8 Å². The first-order valence-corrected chi connectivity index (χ1v) is 6.69. The molecule has 0 aliphatic heterocycles. The third-order valence-electron chi connectivity index (χ3n) is 3.40. The van der Waals surface area contributed by atoms with Crippen LogP contribution in [0.2, 0.25) is 0 Å². The summed E-state index contributed by atoms with van der Waals surface area (Å²) in [7, 11) is 0. The summed E-state index contributed by atoms with van der Waals surface area (Å²) in [6.07, 6.45) is 4.82. The van der Waals surface area contributed by atoms with Gasteiger partial charge < -0.3 is 4.98 Å². The Morgan fingerprint density at radius 1 is 1.09 bits per heavy atom. The standard InChI is InChI=1S/C17H12N2O3/c20-17(14-6-2-4-8-16(14)19(21)22)10-9-12-11-18-15-7-3-1-5-13(12)15/h1-11,18H/b10-9+. The molecule has 3 rings (SSSR count). The number of hydrogen-bond acceptors (Lipinski definition) is 3. The molecule has 0 saturated carbocycles. The monoisotopic (exact) mass is 292 g/mol. The molecule has 22 heavy (non-hydrogen) atoms. The maximum atomic E-state index is 12.2. The minimum absolute atomic E-state index is 0.0867. The number of benzene rings is 2. The average Bonchev–Trinajstić information content (AvgIpc) is 2.96. The van der Waals surface area contributed by atoms with Crippen LogP contribution in [0.5, 0.6) is 0 Å². The van der Waals surface area contributed by atoms with Crippen LogP contribution in [0.3, 0.4) is 0 Å². The fraction of sp³-hybridized carbons (Fsp3) is 0. The zero-order valence-corrected chi connectivity index (χ0v) is 11.5. The minimum Gasteiger partial charge on any atom is -0.361 e. The van der Waals surface area contributed by atoms with Crippen LogP contribution < -0.4 is 0 Å². The number of hydrogen-bond donors (Lipinski definition) is 1. The zero-order chi connectivity index (χ0) is 15.5. The maximum absolute atomic E-state index is 12.2. The van der Waals surface area contributed by atoms with E-state index in [4.69, 9.17) is 0 Å². The van der Waals surface area contributed by atoms with Crippen molar-refractivity contribution in [3.63, 3.8) is 0 Å². The van der Waals surface area contributed by atoms with Gasteiger partial charge in [0.15, 0.2) is 5.78 Å². The Morgan fingerprint density at radius 2 is 1.82 bits per heavy atom. The second kappa shape index (κ2) is 5.65. The fourth-order valence-electron chi connectivity index (χ4n) is 2.33. The molecule has 1 N–H and O–H groups in total. The van der Waals surface area contributed by atoms with Gasteiger partial charge in [-0.15, -0.1) is 0 Å². The van der Waals surface area contributed by atoms with Gasteiger partial charge in [-0.2, -0.15) is 0 Å². The van der Waals surface area contributed by atoms with Crippen molar-refractivity contribution in [1.82, 2.24) is 4.98 Å². The molecule has 0 radical (unpaired) electrons. The molecule has 5 heteroatoms. The van der Waals surface area contributed by atoms with Gasteiger partial charge in [-0.25, -0.2) is 0 Å². The van der Waals surface area contributed by atoms with Gasteiger partial charge in [0.25, 0.3) is 5.69 Å². The van der Waals surface area contributed by atoms with Crippen LogP contribution in [0.25, 0.3) is 17.0 Å². The number of para-hydroxylation sites is 2. The third kappa shape index (κ3) is 2.52. The van der Waals surface area contributed by atoms with E-state index < -0.39 is 10.7 Å². The Balaban J connectivity index is 1.93. The molecule has 108 valence electrons. The molecule has 0 aliphatic carbocycles. The number of H-pyrrole nitrogens is 1. The van der Waals surface area contributed by atoms with Gasteiger partial charge in [0.2, 0.25) is 0 Å². The largest absolute Gasteiger partial charge is 0.361 e. The number of nitrogens with zero attached hydrogens (tertiary/aromatic N) is 1. The SMILES string of the molecule is O=C(/C=C/c1c[nH]c2ccccc12)c1ccccc1[N+](=O)[O-]. The Kier molecular flexibility index (Phi) is 3.53. The van der Waals surface area contributed by atoms with Crippen molar-refractivity contribution in [3.05, 3.63) is 82.0 Å². The van der Waals surface area contributed by atoms with E-state index in [-0.39, 0.29) is 11.3 Å². The zero-order valence-electron chi connectivity index (χ0n) is 11.5. The molecule has 1 aromatic heterocycles. The molecule has 0 fully saturated rings. The Bertz CT molecular complexity index is 894. The summed E-state index contributed by atoms with van der Waals surface area (Å²) in [5.41, 5.74) is 1.74. The van der Waals surface area contributed by atoms with Crippen molar-refractivity contribution < 1.29 is 9.72 Å². The smallest absolute Gasteiger partial charge is 0.280 e. The van der Waals surface area contributed by atoms with Crippen molar-refractivity contribution >= 4 is 28.4 Å². The van der Waals surface area contributed by atoms with E-state index in [1.807, 2.05) is 24.3 Å². The molecule has 0 saturated heterocycles. The highest BCUT2D eigenvalue weighted by Gasteiger charge is 2.16. The summed E-state index contributed by atoms with van der Waals surface area (Å²) < 4.78 is 0. The first-order chi connectivity index (χ1) is 10.7. The van der Waals surface area contributed by atoms with Gasteiger partial charge in [-0.1, -0.05) is 30.3 Å². The van der Waals surface area contributed by atoms with Crippen LogP contribution in [0.15, 0.2) is 60.8 Å². The molecule has 0 unspecified atom stereocenters. The van der Waals surface area contributed by atoms with E-state index in [2.05, 4.69) is 4.98 Å². The number of rotatable bonds is 4. The Labute approximate surface area is 126 Å². The van der Waals surface area contributed by atoms with E-state index in [9.17, 15) is 14.9 Å². The number of aromatic amines is 1. The lowest BCUT2D eigenvalue weighted by molar-refractivity contribution is -0.385. The highest BCUT2D eigenvalue weighted by molar-refractivity contribution is 6.10. The number of allylic oxidation sites excluding steroid dienone is 1. The van der Waals surface area contributed by atoms with E-state index in [0.717, 1.165) is 16.5 Å². The molecule has 1 heterocycles.